The van der Waals surface area contributed by atoms with Crippen molar-refractivity contribution in [2.75, 3.05) is 40.9 Å². The Hall–Kier alpha value is -1.28. The molecule has 0 aliphatic heterocycles. The van der Waals surface area contributed by atoms with Crippen LogP contribution in [-0.2, 0) is 18.4 Å². The number of quaternary nitrogens is 1. The molecule has 0 fully saturated rings. The van der Waals surface area contributed by atoms with Gasteiger partial charge in [0.15, 0.2) is 0 Å². The summed E-state index contributed by atoms with van der Waals surface area (Å²) in [6.07, 6.45) is 64.0. The van der Waals surface area contributed by atoms with Crippen molar-refractivity contribution in [1.82, 2.24) is 5.32 Å². The molecule has 0 aromatic carbocycles. The molecule has 0 heterocycles. The van der Waals surface area contributed by atoms with Crippen molar-refractivity contribution in [3.05, 3.63) is 36.5 Å². The van der Waals surface area contributed by atoms with Crippen molar-refractivity contribution in [1.29, 1.82) is 0 Å². The minimum atomic E-state index is -4.35. The monoisotopic (exact) mass is 966 g/mol. The summed E-state index contributed by atoms with van der Waals surface area (Å²) in [5, 5.41) is 13.9. The maximum atomic E-state index is 13.0. The van der Waals surface area contributed by atoms with E-state index in [4.69, 9.17) is 9.05 Å². The molecular formula is C58H114N2O6P+. The van der Waals surface area contributed by atoms with Crippen molar-refractivity contribution in [2.45, 2.75) is 289 Å². The van der Waals surface area contributed by atoms with Crippen LogP contribution in [0.3, 0.4) is 0 Å². The molecule has 0 saturated carbocycles. The molecule has 0 aromatic heterocycles. The quantitative estimate of drug-likeness (QED) is 0.0243. The van der Waals surface area contributed by atoms with E-state index in [2.05, 4.69) is 43.5 Å². The third-order valence-electron chi connectivity index (χ3n) is 13.1. The zero-order chi connectivity index (χ0) is 49.2. The highest BCUT2D eigenvalue weighted by atomic mass is 31.2. The highest BCUT2D eigenvalue weighted by Gasteiger charge is 2.27. The number of nitrogens with zero attached hydrogens (tertiary/aromatic N) is 1. The summed E-state index contributed by atoms with van der Waals surface area (Å²) in [7, 11) is 1.56. The van der Waals surface area contributed by atoms with Crippen molar-refractivity contribution in [3.8, 4) is 0 Å². The zero-order valence-corrected chi connectivity index (χ0v) is 46.0. The Morgan fingerprint density at radius 3 is 1.19 bits per heavy atom. The summed E-state index contributed by atoms with van der Waals surface area (Å²) in [6, 6.07) is -0.867. The number of amides is 1. The number of hydrogen-bond donors (Lipinski definition) is 3. The van der Waals surface area contributed by atoms with Crippen molar-refractivity contribution >= 4 is 13.7 Å². The van der Waals surface area contributed by atoms with Crippen molar-refractivity contribution < 1.29 is 32.9 Å². The van der Waals surface area contributed by atoms with Crippen molar-refractivity contribution in [2.24, 2.45) is 0 Å². The predicted molar refractivity (Wildman–Crippen MR) is 291 cm³/mol. The van der Waals surface area contributed by atoms with Gasteiger partial charge in [-0.25, -0.2) is 4.57 Å². The van der Waals surface area contributed by atoms with E-state index in [1.807, 2.05) is 27.2 Å². The van der Waals surface area contributed by atoms with Gasteiger partial charge in [0.25, 0.3) is 0 Å². The molecule has 0 spiro atoms. The van der Waals surface area contributed by atoms with Gasteiger partial charge in [0, 0.05) is 6.42 Å². The average molecular weight is 967 g/mol. The number of phosphoric ester groups is 1. The van der Waals surface area contributed by atoms with Gasteiger partial charge >= 0.3 is 7.82 Å². The molecule has 0 aliphatic carbocycles. The van der Waals surface area contributed by atoms with Crippen LogP contribution in [-0.4, -0.2) is 73.4 Å². The number of aliphatic hydroxyl groups is 1. The van der Waals surface area contributed by atoms with Gasteiger partial charge in [-0.3, -0.25) is 13.8 Å². The number of carbonyl (C=O) groups excluding carboxylic acids is 1. The van der Waals surface area contributed by atoms with E-state index < -0.39 is 20.0 Å². The lowest BCUT2D eigenvalue weighted by molar-refractivity contribution is -0.870. The SMILES string of the molecule is CCCCCCCCC/C=C/CC/C=C/CC/C=C/C(O)C(COP(=O)(O)OCC[N+](C)(C)C)NC(=O)CCCCCCCCCCCCCCCCCCCCCCCCCCCCCC. The minimum Gasteiger partial charge on any atom is -0.387 e. The van der Waals surface area contributed by atoms with Crippen molar-refractivity contribution in [3.63, 3.8) is 0 Å². The smallest absolute Gasteiger partial charge is 0.387 e. The van der Waals surface area contributed by atoms with Crippen LogP contribution in [0.5, 0.6) is 0 Å². The predicted octanol–water partition coefficient (Wildman–Crippen LogP) is 17.4. The summed E-state index contributed by atoms with van der Waals surface area (Å²) in [4.78, 5) is 23.3. The lowest BCUT2D eigenvalue weighted by Crippen LogP contribution is -2.45. The summed E-state index contributed by atoms with van der Waals surface area (Å²) in [6.45, 7) is 4.81. The first-order chi connectivity index (χ1) is 32.5. The Morgan fingerprint density at radius 1 is 0.493 bits per heavy atom. The standard InChI is InChI=1S/C58H113N2O6P/c1-6-8-10-12-14-16-18-20-22-24-25-26-27-28-29-30-31-32-33-34-36-38-40-42-44-46-48-50-52-58(62)59-56(55-66-67(63,64)65-54-53-60(3,4)5)57(61)51-49-47-45-43-41-39-37-35-23-21-19-17-15-13-11-9-7-2/h23,35,41,43,49,51,56-57,61H,6-22,24-34,36-40,42,44-48,50,52-55H2,1-5H3,(H-,59,62,63,64)/p+1/b35-23+,43-41+,51-49+. The van der Waals surface area contributed by atoms with Crippen LogP contribution in [0.4, 0.5) is 0 Å². The molecule has 0 rings (SSSR count). The summed E-state index contributed by atoms with van der Waals surface area (Å²) in [5.41, 5.74) is 0. The van der Waals surface area contributed by atoms with Gasteiger partial charge in [-0.15, -0.1) is 0 Å². The molecule has 3 N–H and O–H groups in total. The molecule has 0 saturated heterocycles. The maximum Gasteiger partial charge on any atom is 0.472 e. The molecule has 0 radical (unpaired) electrons. The van der Waals surface area contributed by atoms with Crippen LogP contribution < -0.4 is 5.32 Å². The Bertz CT molecular complexity index is 1190. The third kappa shape index (κ3) is 52.4. The van der Waals surface area contributed by atoms with E-state index in [0.29, 0.717) is 17.4 Å². The molecule has 3 atom stereocenters. The highest BCUT2D eigenvalue weighted by Crippen LogP contribution is 2.43. The fourth-order valence-corrected chi connectivity index (χ4v) is 9.28. The minimum absolute atomic E-state index is 0.0550. The Morgan fingerprint density at radius 2 is 0.821 bits per heavy atom. The van der Waals surface area contributed by atoms with Crippen LogP contribution in [0.1, 0.15) is 277 Å². The van der Waals surface area contributed by atoms with E-state index in [9.17, 15) is 19.4 Å². The van der Waals surface area contributed by atoms with Crippen LogP contribution in [0.25, 0.3) is 0 Å². The molecule has 396 valence electrons. The van der Waals surface area contributed by atoms with E-state index in [-0.39, 0.29) is 19.1 Å². The Labute approximate surface area is 417 Å². The number of unbranched alkanes of at least 4 members (excludes halogenated alkanes) is 36. The summed E-state index contributed by atoms with van der Waals surface area (Å²) in [5.74, 6) is -0.186. The number of hydrogen-bond acceptors (Lipinski definition) is 5. The zero-order valence-electron chi connectivity index (χ0n) is 45.2. The molecule has 67 heavy (non-hydrogen) atoms. The van der Waals surface area contributed by atoms with Gasteiger partial charge in [0.05, 0.1) is 39.9 Å². The fraction of sp³-hybridized carbons (Fsp3) is 0.879. The first-order valence-electron chi connectivity index (χ1n) is 28.9. The molecule has 0 aliphatic rings. The number of phosphoric acid groups is 1. The number of carbonyl (C=O) groups is 1. The van der Waals surface area contributed by atoms with Gasteiger partial charge in [-0.1, -0.05) is 262 Å². The normalized spacial score (nSPS) is 14.2. The van der Waals surface area contributed by atoms with Gasteiger partial charge in [0.1, 0.15) is 13.2 Å². The largest absolute Gasteiger partial charge is 0.472 e. The first-order valence-corrected chi connectivity index (χ1v) is 30.4. The first kappa shape index (κ1) is 65.7. The fourth-order valence-electron chi connectivity index (χ4n) is 8.55. The second-order valence-corrected chi connectivity index (χ2v) is 22.5. The van der Waals surface area contributed by atoms with Crippen LogP contribution in [0.15, 0.2) is 36.5 Å². The van der Waals surface area contributed by atoms with Gasteiger partial charge in [-0.2, -0.15) is 0 Å². The molecule has 0 bridgehead atoms. The van der Waals surface area contributed by atoms with E-state index in [1.54, 1.807) is 6.08 Å². The van der Waals surface area contributed by atoms with Crippen LogP contribution >= 0.6 is 7.82 Å². The molecule has 0 aromatic rings. The molecule has 8 nitrogen and oxygen atoms in total. The maximum absolute atomic E-state index is 13.0. The number of rotatable bonds is 53. The molecular weight excluding hydrogens is 852 g/mol. The second-order valence-electron chi connectivity index (χ2n) is 21.0. The molecule has 1 amide bonds. The van der Waals surface area contributed by atoms with E-state index >= 15 is 0 Å². The van der Waals surface area contributed by atoms with Gasteiger partial charge in [0.2, 0.25) is 5.91 Å². The summed E-state index contributed by atoms with van der Waals surface area (Å²) >= 11 is 0. The third-order valence-corrected chi connectivity index (χ3v) is 14.1. The Kier molecular flexibility index (Phi) is 48.7. The topological polar surface area (TPSA) is 105 Å². The molecule has 3 unspecified atom stereocenters. The average Bonchev–Trinajstić information content (AvgIpc) is 3.29. The molecule has 9 heteroatoms. The van der Waals surface area contributed by atoms with Gasteiger partial charge in [-0.05, 0) is 44.9 Å². The second kappa shape index (κ2) is 49.7. The number of nitrogens with one attached hydrogen (secondary N) is 1. The van der Waals surface area contributed by atoms with E-state index in [1.165, 1.54) is 212 Å². The van der Waals surface area contributed by atoms with Crippen LogP contribution in [0.2, 0.25) is 0 Å². The number of allylic oxidation sites excluding steroid dienone is 5. The highest BCUT2D eigenvalue weighted by molar-refractivity contribution is 7.47. The lowest BCUT2D eigenvalue weighted by atomic mass is 10.0. The number of aliphatic hydroxyl groups excluding tert-OH is 1. The summed E-state index contributed by atoms with van der Waals surface area (Å²) < 4.78 is 23.7. The van der Waals surface area contributed by atoms with Crippen LogP contribution in [0, 0.1) is 0 Å². The lowest BCUT2D eigenvalue weighted by Gasteiger charge is -2.25. The number of likely N-dealkylation sites (N-methyl/N-ethyl adjacent to an activating group) is 1. The Balaban J connectivity index is 4.16. The van der Waals surface area contributed by atoms with E-state index in [0.717, 1.165) is 44.9 Å². The van der Waals surface area contributed by atoms with Gasteiger partial charge < -0.3 is 19.8 Å².